The number of hydrogen-bond donors (Lipinski definition) is 1. The fourth-order valence-electron chi connectivity index (χ4n) is 5.61. The first-order chi connectivity index (χ1) is 14.8. The molecule has 7 rings (SSSR count). The van der Waals surface area contributed by atoms with Gasteiger partial charge < -0.3 is 19.5 Å². The zero-order chi connectivity index (χ0) is 20.1. The topological polar surface area (TPSA) is 52.9 Å². The molecule has 2 bridgehead atoms. The summed E-state index contributed by atoms with van der Waals surface area (Å²) >= 11 is 0. The van der Waals surface area contributed by atoms with Crippen LogP contribution < -0.4 is 5.32 Å². The van der Waals surface area contributed by atoms with Crippen LogP contribution in [-0.2, 0) is 6.42 Å². The van der Waals surface area contributed by atoms with Gasteiger partial charge in [-0.3, -0.25) is 0 Å². The van der Waals surface area contributed by atoms with Crippen LogP contribution in [0.25, 0.3) is 5.65 Å². The summed E-state index contributed by atoms with van der Waals surface area (Å²) in [5.41, 5.74) is 4.58. The summed E-state index contributed by atoms with van der Waals surface area (Å²) in [6, 6.07) is 13.0. The van der Waals surface area contributed by atoms with Gasteiger partial charge in [0.05, 0.1) is 6.04 Å². The number of piperidine rings is 3. The highest BCUT2D eigenvalue weighted by atomic mass is 16.2. The van der Waals surface area contributed by atoms with Crippen LogP contribution in [0.3, 0.4) is 0 Å². The lowest BCUT2D eigenvalue weighted by Crippen LogP contribution is -2.59. The van der Waals surface area contributed by atoms with Crippen molar-refractivity contribution in [1.29, 1.82) is 0 Å². The molecule has 0 aliphatic carbocycles. The number of fused-ring (bicyclic) bond motifs is 5. The second kappa shape index (κ2) is 7.13. The maximum Gasteiger partial charge on any atom is 0.318 e. The van der Waals surface area contributed by atoms with Crippen molar-refractivity contribution >= 4 is 11.7 Å². The lowest BCUT2D eigenvalue weighted by molar-refractivity contribution is 0.0715. The molecule has 154 valence electrons. The number of aromatic nitrogens is 2. The van der Waals surface area contributed by atoms with Crippen molar-refractivity contribution < 1.29 is 4.79 Å². The molecule has 1 N–H and O–H groups in total. The molecule has 3 saturated heterocycles. The lowest BCUT2D eigenvalue weighted by Gasteiger charge is -2.46. The van der Waals surface area contributed by atoms with Gasteiger partial charge in [-0.05, 0) is 67.1 Å². The normalized spacial score (nSPS) is 27.8. The SMILES string of the molecule is O=C(N[C@@H]1CN2CCC1CC2)N1CCc2ccccc2[C@H]1c1ccn2ccnc2c1. The van der Waals surface area contributed by atoms with E-state index in [9.17, 15) is 4.79 Å². The van der Waals surface area contributed by atoms with Gasteiger partial charge in [0.25, 0.3) is 0 Å². The average Bonchev–Trinajstić information content (AvgIpc) is 3.27. The van der Waals surface area contributed by atoms with E-state index in [-0.39, 0.29) is 18.1 Å². The first-order valence-corrected chi connectivity index (χ1v) is 11.1. The van der Waals surface area contributed by atoms with E-state index in [1.165, 1.54) is 37.1 Å². The summed E-state index contributed by atoms with van der Waals surface area (Å²) in [6.07, 6.45) is 9.10. The van der Waals surface area contributed by atoms with Crippen molar-refractivity contribution in [3.05, 3.63) is 71.7 Å². The number of rotatable bonds is 2. The van der Waals surface area contributed by atoms with Crippen molar-refractivity contribution in [2.75, 3.05) is 26.2 Å². The number of carbonyl (C=O) groups excluding carboxylic acids is 1. The first-order valence-electron chi connectivity index (χ1n) is 11.1. The standard InChI is InChI=1S/C24H27N5O/c30-24(26-21-16-27-10-5-18(21)6-11-27)29-13-8-17-3-1-2-4-20(17)23(29)19-7-12-28-14-9-25-22(28)15-19/h1-4,7,9,12,14-15,18,21,23H,5-6,8,10-11,13,16H2,(H,26,30)/t21-,23-/m1/s1. The Kier molecular flexibility index (Phi) is 4.27. The minimum absolute atomic E-state index is 0.0662. The third-order valence-electron chi connectivity index (χ3n) is 7.25. The molecule has 2 atom stereocenters. The summed E-state index contributed by atoms with van der Waals surface area (Å²) in [7, 11) is 0. The van der Waals surface area contributed by atoms with Crippen molar-refractivity contribution in [2.24, 2.45) is 5.92 Å². The zero-order valence-corrected chi connectivity index (χ0v) is 17.1. The van der Waals surface area contributed by atoms with Gasteiger partial charge in [-0.15, -0.1) is 0 Å². The monoisotopic (exact) mass is 401 g/mol. The Labute approximate surface area is 176 Å². The first kappa shape index (κ1) is 18.0. The van der Waals surface area contributed by atoms with Crippen LogP contribution in [-0.4, -0.2) is 57.4 Å². The number of hydrogen-bond acceptors (Lipinski definition) is 3. The minimum Gasteiger partial charge on any atom is -0.334 e. The third-order valence-corrected chi connectivity index (χ3v) is 7.25. The molecule has 0 saturated carbocycles. The van der Waals surface area contributed by atoms with Crippen LogP contribution in [0.1, 0.15) is 35.6 Å². The number of imidazole rings is 1. The van der Waals surface area contributed by atoms with Gasteiger partial charge in [0, 0.05) is 37.7 Å². The summed E-state index contributed by atoms with van der Waals surface area (Å²) in [5, 5.41) is 3.41. The van der Waals surface area contributed by atoms with E-state index < -0.39 is 0 Å². The molecule has 3 aromatic rings. The number of benzene rings is 1. The summed E-state index contributed by atoms with van der Waals surface area (Å²) in [6.45, 7) is 4.09. The van der Waals surface area contributed by atoms with Crippen molar-refractivity contribution in [3.8, 4) is 0 Å². The molecule has 3 fully saturated rings. The van der Waals surface area contributed by atoms with E-state index in [1.807, 2.05) is 27.9 Å². The Morgan fingerprint density at radius 2 is 1.93 bits per heavy atom. The van der Waals surface area contributed by atoms with Crippen LogP contribution >= 0.6 is 0 Å². The highest BCUT2D eigenvalue weighted by molar-refractivity contribution is 5.76. The second-order valence-electron chi connectivity index (χ2n) is 8.89. The largest absolute Gasteiger partial charge is 0.334 e. The van der Waals surface area contributed by atoms with Gasteiger partial charge in [-0.25, -0.2) is 9.78 Å². The molecular formula is C24H27N5O. The van der Waals surface area contributed by atoms with E-state index in [0.29, 0.717) is 5.92 Å². The van der Waals surface area contributed by atoms with Crippen LogP contribution in [0.4, 0.5) is 4.79 Å². The van der Waals surface area contributed by atoms with Crippen LogP contribution in [0.15, 0.2) is 55.0 Å². The second-order valence-corrected chi connectivity index (χ2v) is 8.89. The van der Waals surface area contributed by atoms with Gasteiger partial charge >= 0.3 is 6.03 Å². The maximum atomic E-state index is 13.5. The Hall–Kier alpha value is -2.86. The van der Waals surface area contributed by atoms with Gasteiger partial charge in [-0.2, -0.15) is 0 Å². The minimum atomic E-state index is -0.0854. The van der Waals surface area contributed by atoms with Gasteiger partial charge in [0.1, 0.15) is 5.65 Å². The molecule has 0 spiro atoms. The number of nitrogens with zero attached hydrogens (tertiary/aromatic N) is 4. The van der Waals surface area contributed by atoms with E-state index in [1.54, 1.807) is 0 Å². The van der Waals surface area contributed by atoms with Gasteiger partial charge in [0.2, 0.25) is 0 Å². The quantitative estimate of drug-likeness (QED) is 0.718. The van der Waals surface area contributed by atoms with Crippen molar-refractivity contribution in [3.63, 3.8) is 0 Å². The highest BCUT2D eigenvalue weighted by Gasteiger charge is 2.38. The molecule has 4 aliphatic rings. The smallest absolute Gasteiger partial charge is 0.318 e. The van der Waals surface area contributed by atoms with E-state index in [4.69, 9.17) is 0 Å². The van der Waals surface area contributed by atoms with E-state index >= 15 is 0 Å². The maximum absolute atomic E-state index is 13.5. The predicted octanol–water partition coefficient (Wildman–Crippen LogP) is 3.09. The molecule has 4 aliphatic heterocycles. The summed E-state index contributed by atoms with van der Waals surface area (Å²) in [4.78, 5) is 22.5. The summed E-state index contributed by atoms with van der Waals surface area (Å²) < 4.78 is 2.01. The molecule has 6 heteroatoms. The number of nitrogens with one attached hydrogen (secondary N) is 1. The number of carbonyl (C=O) groups is 1. The van der Waals surface area contributed by atoms with Crippen molar-refractivity contribution in [2.45, 2.75) is 31.3 Å². The zero-order valence-electron chi connectivity index (χ0n) is 17.1. The molecule has 2 aromatic heterocycles. The predicted molar refractivity (Wildman–Crippen MR) is 115 cm³/mol. The van der Waals surface area contributed by atoms with E-state index in [2.05, 4.69) is 51.6 Å². The molecule has 0 unspecified atom stereocenters. The van der Waals surface area contributed by atoms with Gasteiger partial charge in [-0.1, -0.05) is 24.3 Å². The lowest BCUT2D eigenvalue weighted by atomic mass is 9.84. The molecule has 2 amide bonds. The molecule has 6 heterocycles. The van der Waals surface area contributed by atoms with E-state index in [0.717, 1.165) is 30.7 Å². The third kappa shape index (κ3) is 2.98. The highest BCUT2D eigenvalue weighted by Crippen LogP contribution is 2.36. The molecule has 30 heavy (non-hydrogen) atoms. The number of pyridine rings is 1. The Morgan fingerprint density at radius 3 is 2.77 bits per heavy atom. The van der Waals surface area contributed by atoms with Crippen molar-refractivity contribution in [1.82, 2.24) is 24.5 Å². The van der Waals surface area contributed by atoms with Crippen LogP contribution in [0.5, 0.6) is 0 Å². The van der Waals surface area contributed by atoms with Crippen LogP contribution in [0.2, 0.25) is 0 Å². The van der Waals surface area contributed by atoms with Crippen LogP contribution in [0, 0.1) is 5.92 Å². The van der Waals surface area contributed by atoms with Gasteiger partial charge in [0.15, 0.2) is 0 Å². The molecule has 6 nitrogen and oxygen atoms in total. The molecule has 0 radical (unpaired) electrons. The summed E-state index contributed by atoms with van der Waals surface area (Å²) in [5.74, 6) is 0.621. The Balaban J connectivity index is 1.34. The average molecular weight is 402 g/mol. The molecule has 1 aromatic carbocycles. The Morgan fingerprint density at radius 1 is 1.07 bits per heavy atom. The molecular weight excluding hydrogens is 374 g/mol. The number of amides is 2. The Bertz CT molecular complexity index is 1080. The fraction of sp³-hybridized carbons (Fsp3) is 0.417. The fourth-order valence-corrected chi connectivity index (χ4v) is 5.61. The number of urea groups is 1.